The van der Waals surface area contributed by atoms with E-state index in [9.17, 15) is 0 Å². The van der Waals surface area contributed by atoms with Gasteiger partial charge in [-0.3, -0.25) is 9.67 Å². The van der Waals surface area contributed by atoms with E-state index in [2.05, 4.69) is 42.2 Å². The van der Waals surface area contributed by atoms with Gasteiger partial charge >= 0.3 is 0 Å². The number of hydrogen-bond donors (Lipinski definition) is 2. The second kappa shape index (κ2) is 5.94. The number of rotatable bonds is 5. The minimum atomic E-state index is 0.651. The minimum absolute atomic E-state index is 0.651. The molecule has 2 aliphatic rings. The molecule has 3 aromatic rings. The van der Waals surface area contributed by atoms with E-state index in [0.717, 1.165) is 28.9 Å². The molecule has 2 N–H and O–H groups in total. The smallest absolute Gasteiger partial charge is 0.153 e. The molecule has 0 saturated heterocycles. The van der Waals surface area contributed by atoms with Crippen molar-refractivity contribution < 1.29 is 4.74 Å². The van der Waals surface area contributed by atoms with E-state index in [0.29, 0.717) is 12.5 Å². The van der Waals surface area contributed by atoms with Crippen LogP contribution in [0.5, 0.6) is 5.75 Å². The third-order valence-corrected chi connectivity index (χ3v) is 4.84. The van der Waals surface area contributed by atoms with E-state index >= 15 is 0 Å². The van der Waals surface area contributed by atoms with Gasteiger partial charge in [0, 0.05) is 42.0 Å². The molecular weight excluding hydrogens is 328 g/mol. The highest BCUT2D eigenvalue weighted by molar-refractivity contribution is 5.68. The minimum Gasteiger partial charge on any atom is -0.497 e. The molecule has 7 nitrogen and oxygen atoms in total. The summed E-state index contributed by atoms with van der Waals surface area (Å²) in [5, 5.41) is 11.0. The predicted molar refractivity (Wildman–Crippen MR) is 99.9 cm³/mol. The number of ether oxygens (including phenoxy) is 1. The van der Waals surface area contributed by atoms with Crippen LogP contribution in [0.1, 0.15) is 30.3 Å². The van der Waals surface area contributed by atoms with E-state index in [1.807, 2.05) is 36.7 Å². The molecule has 1 aromatic carbocycles. The first-order chi connectivity index (χ1) is 12.8. The van der Waals surface area contributed by atoms with Crippen LogP contribution in [0, 0.1) is 0 Å². The highest BCUT2D eigenvalue weighted by atomic mass is 16.5. The average molecular weight is 348 g/mol. The van der Waals surface area contributed by atoms with Gasteiger partial charge in [0.05, 0.1) is 13.7 Å². The van der Waals surface area contributed by atoms with Crippen molar-refractivity contribution in [2.24, 2.45) is 0 Å². The van der Waals surface area contributed by atoms with Gasteiger partial charge < -0.3 is 15.0 Å². The molecule has 0 bridgehead atoms. The van der Waals surface area contributed by atoms with Gasteiger partial charge in [0.15, 0.2) is 5.82 Å². The quantitative estimate of drug-likeness (QED) is 0.740. The number of H-pyrrole nitrogens is 1. The van der Waals surface area contributed by atoms with Gasteiger partial charge in [0.25, 0.3) is 0 Å². The van der Waals surface area contributed by atoms with E-state index in [-0.39, 0.29) is 0 Å². The molecule has 0 atom stereocenters. The maximum absolute atomic E-state index is 5.25. The van der Waals surface area contributed by atoms with Crippen LogP contribution in [0.3, 0.4) is 0 Å². The molecule has 7 heteroatoms. The van der Waals surface area contributed by atoms with Crippen LogP contribution in [-0.2, 0) is 6.54 Å². The van der Waals surface area contributed by atoms with Gasteiger partial charge in [-0.05, 0) is 37.1 Å². The molecule has 1 fully saturated rings. The number of hydrogen-bond acceptors (Lipinski definition) is 5. The molecular formula is C19H20N6O. The fourth-order valence-corrected chi connectivity index (χ4v) is 3.25. The van der Waals surface area contributed by atoms with Gasteiger partial charge in [0.1, 0.15) is 17.4 Å². The van der Waals surface area contributed by atoms with E-state index in [1.165, 1.54) is 18.5 Å². The Morgan fingerprint density at radius 3 is 2.85 bits per heavy atom. The molecule has 1 saturated carbocycles. The number of fused-ring (bicyclic) bond motifs is 1. The molecule has 2 aromatic heterocycles. The summed E-state index contributed by atoms with van der Waals surface area (Å²) in [6, 6.07) is 10.1. The van der Waals surface area contributed by atoms with Crippen molar-refractivity contribution in [1.29, 1.82) is 0 Å². The third-order valence-electron chi connectivity index (χ3n) is 4.84. The summed E-state index contributed by atoms with van der Waals surface area (Å²) in [5.74, 6) is 4.23. The largest absolute Gasteiger partial charge is 0.497 e. The molecule has 132 valence electrons. The van der Waals surface area contributed by atoms with Crippen LogP contribution in [-0.4, -0.2) is 26.9 Å². The Balaban J connectivity index is 1.44. The Hall–Kier alpha value is -3.22. The van der Waals surface area contributed by atoms with E-state index in [1.54, 1.807) is 7.11 Å². The zero-order valence-corrected chi connectivity index (χ0v) is 14.5. The van der Waals surface area contributed by atoms with Crippen LogP contribution in [0.4, 0.5) is 11.5 Å². The molecule has 0 spiro atoms. The molecule has 1 aliphatic heterocycles. The normalized spacial score (nSPS) is 16.2. The summed E-state index contributed by atoms with van der Waals surface area (Å²) in [6.07, 6.45) is 8.38. The Bertz CT molecular complexity index is 951. The Morgan fingerprint density at radius 2 is 2.08 bits per heavy atom. The summed E-state index contributed by atoms with van der Waals surface area (Å²) in [7, 11) is 1.68. The Kier molecular flexibility index (Phi) is 3.44. The van der Waals surface area contributed by atoms with Crippen LogP contribution in [0.15, 0.2) is 48.9 Å². The maximum atomic E-state index is 5.25. The van der Waals surface area contributed by atoms with Gasteiger partial charge in [-0.2, -0.15) is 5.10 Å². The first kappa shape index (κ1) is 15.1. The van der Waals surface area contributed by atoms with Crippen molar-refractivity contribution in [2.45, 2.75) is 25.3 Å². The van der Waals surface area contributed by atoms with Gasteiger partial charge in [-0.25, -0.2) is 4.98 Å². The second-order valence-corrected chi connectivity index (χ2v) is 6.66. The zero-order chi connectivity index (χ0) is 17.5. The highest BCUT2D eigenvalue weighted by Gasteiger charge is 2.26. The first-order valence-electron chi connectivity index (χ1n) is 8.77. The molecule has 26 heavy (non-hydrogen) atoms. The summed E-state index contributed by atoms with van der Waals surface area (Å²) in [4.78, 5) is 6.65. The number of benzene rings is 1. The molecule has 5 rings (SSSR count). The Labute approximate surface area is 151 Å². The Morgan fingerprint density at radius 1 is 1.23 bits per heavy atom. The van der Waals surface area contributed by atoms with Crippen molar-refractivity contribution in [3.05, 3.63) is 60.4 Å². The SMILES string of the molecule is COc1ccc(N2C=C(Nc3cc(C4CC4)[nH]n3)n3ccnc3C2)cc1. The van der Waals surface area contributed by atoms with Gasteiger partial charge in [-0.1, -0.05) is 0 Å². The molecule has 0 amide bonds. The summed E-state index contributed by atoms with van der Waals surface area (Å²) >= 11 is 0. The van der Waals surface area contributed by atoms with Crippen molar-refractivity contribution in [2.75, 3.05) is 17.3 Å². The van der Waals surface area contributed by atoms with Crippen LogP contribution < -0.4 is 15.0 Å². The lowest BCUT2D eigenvalue weighted by Gasteiger charge is -2.28. The number of aromatic nitrogens is 4. The third kappa shape index (κ3) is 2.71. The monoisotopic (exact) mass is 348 g/mol. The fraction of sp³-hybridized carbons (Fsp3) is 0.263. The number of nitrogens with zero attached hydrogens (tertiary/aromatic N) is 4. The number of methoxy groups -OCH3 is 1. The summed E-state index contributed by atoms with van der Waals surface area (Å²) < 4.78 is 7.31. The second-order valence-electron chi connectivity index (χ2n) is 6.66. The molecule has 3 heterocycles. The number of anilines is 2. The fourth-order valence-electron chi connectivity index (χ4n) is 3.25. The summed E-state index contributed by atoms with van der Waals surface area (Å²) in [5.41, 5.74) is 2.29. The first-order valence-corrected chi connectivity index (χ1v) is 8.77. The van der Waals surface area contributed by atoms with Crippen molar-refractivity contribution in [3.63, 3.8) is 0 Å². The maximum Gasteiger partial charge on any atom is 0.153 e. The zero-order valence-electron chi connectivity index (χ0n) is 14.5. The number of nitrogens with one attached hydrogen (secondary N) is 2. The van der Waals surface area contributed by atoms with Gasteiger partial charge in [-0.15, -0.1) is 0 Å². The van der Waals surface area contributed by atoms with Crippen LogP contribution in [0.25, 0.3) is 5.82 Å². The van der Waals surface area contributed by atoms with Crippen molar-refractivity contribution >= 4 is 17.3 Å². The van der Waals surface area contributed by atoms with Crippen LogP contribution >= 0.6 is 0 Å². The molecule has 0 radical (unpaired) electrons. The van der Waals surface area contributed by atoms with Crippen LogP contribution in [0.2, 0.25) is 0 Å². The standard InChI is InChI=1S/C19H20N6O/c1-26-15-6-4-14(5-7-15)24-11-18-20-8-9-25(18)19(12-24)21-17-10-16(22-23-17)13-2-3-13/h4-10,12-13H,2-3,11H2,1H3,(H2,21,22,23). The lowest BCUT2D eigenvalue weighted by molar-refractivity contribution is 0.415. The van der Waals surface area contributed by atoms with Crippen molar-refractivity contribution in [3.8, 4) is 5.75 Å². The number of imidazole rings is 1. The molecule has 1 aliphatic carbocycles. The predicted octanol–water partition coefficient (Wildman–Crippen LogP) is 3.38. The van der Waals surface area contributed by atoms with E-state index < -0.39 is 0 Å². The highest BCUT2D eigenvalue weighted by Crippen LogP contribution is 2.39. The van der Waals surface area contributed by atoms with E-state index in [4.69, 9.17) is 4.74 Å². The number of aromatic amines is 1. The van der Waals surface area contributed by atoms with Crippen molar-refractivity contribution in [1.82, 2.24) is 19.7 Å². The lowest BCUT2D eigenvalue weighted by Crippen LogP contribution is -2.27. The summed E-state index contributed by atoms with van der Waals surface area (Å²) in [6.45, 7) is 0.707. The lowest BCUT2D eigenvalue weighted by atomic mass is 10.2. The average Bonchev–Trinajstić information content (AvgIpc) is 3.23. The molecule has 0 unspecified atom stereocenters. The van der Waals surface area contributed by atoms with Gasteiger partial charge in [0.2, 0.25) is 0 Å². The topological polar surface area (TPSA) is 71.0 Å².